The fourth-order valence-electron chi connectivity index (χ4n) is 2.96. The van der Waals surface area contributed by atoms with E-state index in [-0.39, 0.29) is 20.9 Å². The van der Waals surface area contributed by atoms with Gasteiger partial charge in [-0.1, -0.05) is 0 Å². The number of benzene rings is 3. The number of halogens is 1. The summed E-state index contributed by atoms with van der Waals surface area (Å²) in [6.45, 7) is 0. The Kier molecular flexibility index (Phi) is 3.34. The van der Waals surface area contributed by atoms with E-state index in [1.807, 2.05) is 0 Å². The molecule has 1 aliphatic carbocycles. The van der Waals surface area contributed by atoms with Gasteiger partial charge in [-0.2, -0.15) is 0 Å². The second-order valence-corrected chi connectivity index (χ2v) is 9.13. The standard InChI is InChI=1S/C18H13BrTe/c19-15-10-8-12-6-7-13-9-11-16(18(15)17(12)13)20-14-4-2-1-3-5-14/h1-5,8-11H,6-7H2. The Morgan fingerprint density at radius 2 is 1.45 bits per heavy atom. The Bertz CT molecular complexity index is 783. The maximum absolute atomic E-state index is 3.78. The molecule has 0 atom stereocenters. The molecule has 0 amide bonds. The van der Waals surface area contributed by atoms with Gasteiger partial charge in [-0.25, -0.2) is 0 Å². The molecule has 0 N–H and O–H groups in total. The topological polar surface area (TPSA) is 0 Å². The van der Waals surface area contributed by atoms with Crippen LogP contribution in [0, 0.1) is 0 Å². The van der Waals surface area contributed by atoms with Crippen LogP contribution >= 0.6 is 15.9 Å². The van der Waals surface area contributed by atoms with E-state index in [4.69, 9.17) is 0 Å². The summed E-state index contributed by atoms with van der Waals surface area (Å²) in [5, 5.41) is 3.00. The molecule has 1 aliphatic rings. The minimum absolute atomic E-state index is 0.321. The summed E-state index contributed by atoms with van der Waals surface area (Å²) in [6, 6.07) is 20.2. The van der Waals surface area contributed by atoms with Gasteiger partial charge in [0.15, 0.2) is 0 Å². The third-order valence-corrected chi connectivity index (χ3v) is 7.59. The molecule has 2 heteroatoms. The predicted octanol–water partition coefficient (Wildman–Crippen LogP) is 3.36. The molecule has 0 spiro atoms. The van der Waals surface area contributed by atoms with Gasteiger partial charge in [-0.3, -0.25) is 0 Å². The Morgan fingerprint density at radius 1 is 0.750 bits per heavy atom. The molecule has 4 rings (SSSR count). The van der Waals surface area contributed by atoms with Gasteiger partial charge in [-0.05, 0) is 0 Å². The maximum atomic E-state index is 3.78. The zero-order chi connectivity index (χ0) is 13.5. The fourth-order valence-corrected chi connectivity index (χ4v) is 6.76. The van der Waals surface area contributed by atoms with E-state index >= 15 is 0 Å². The molecule has 20 heavy (non-hydrogen) atoms. The monoisotopic (exact) mass is 438 g/mol. The van der Waals surface area contributed by atoms with Crippen LogP contribution in [0.25, 0.3) is 10.8 Å². The molecule has 98 valence electrons. The SMILES string of the molecule is Brc1ccc2c3c(ccc([Te]c4ccccc4)c13)CC2. The minimum atomic E-state index is -0.321. The van der Waals surface area contributed by atoms with Crippen molar-refractivity contribution in [1.29, 1.82) is 0 Å². The van der Waals surface area contributed by atoms with Crippen LogP contribution in [0.5, 0.6) is 0 Å². The first-order chi connectivity index (χ1) is 9.83. The molecular weight excluding hydrogens is 424 g/mol. The molecule has 0 saturated carbocycles. The first-order valence-corrected chi connectivity index (χ1v) is 9.91. The molecule has 3 aromatic rings. The van der Waals surface area contributed by atoms with Crippen LogP contribution in [0.1, 0.15) is 11.1 Å². The van der Waals surface area contributed by atoms with Crippen molar-refractivity contribution in [2.24, 2.45) is 0 Å². The van der Waals surface area contributed by atoms with Crippen molar-refractivity contribution in [3.8, 4) is 0 Å². The normalized spacial score (nSPS) is 13.1. The number of rotatable bonds is 2. The van der Waals surface area contributed by atoms with Crippen molar-refractivity contribution in [3.05, 3.63) is 70.2 Å². The second-order valence-electron chi connectivity index (χ2n) is 5.09. The number of aryl methyl sites for hydroxylation is 2. The van der Waals surface area contributed by atoms with Crippen molar-refractivity contribution in [2.45, 2.75) is 12.8 Å². The van der Waals surface area contributed by atoms with Gasteiger partial charge in [0, 0.05) is 0 Å². The van der Waals surface area contributed by atoms with Crippen molar-refractivity contribution in [1.82, 2.24) is 0 Å². The summed E-state index contributed by atoms with van der Waals surface area (Å²) in [7, 11) is 0. The average Bonchev–Trinajstić information content (AvgIpc) is 2.89. The summed E-state index contributed by atoms with van der Waals surface area (Å²) in [4.78, 5) is 0. The van der Waals surface area contributed by atoms with Gasteiger partial charge in [-0.15, -0.1) is 0 Å². The van der Waals surface area contributed by atoms with Crippen LogP contribution in [-0.4, -0.2) is 20.9 Å². The van der Waals surface area contributed by atoms with Crippen LogP contribution in [0.4, 0.5) is 0 Å². The van der Waals surface area contributed by atoms with E-state index in [1.165, 1.54) is 42.8 Å². The summed E-state index contributed by atoms with van der Waals surface area (Å²) in [5.74, 6) is 0. The van der Waals surface area contributed by atoms with Crippen molar-refractivity contribution < 1.29 is 0 Å². The van der Waals surface area contributed by atoms with Crippen LogP contribution in [0.2, 0.25) is 0 Å². The van der Waals surface area contributed by atoms with Crippen LogP contribution in [-0.2, 0) is 12.8 Å². The Labute approximate surface area is 137 Å². The van der Waals surface area contributed by atoms with Gasteiger partial charge >= 0.3 is 138 Å². The summed E-state index contributed by atoms with van der Waals surface area (Å²) in [6.07, 6.45) is 2.41. The Balaban J connectivity index is 1.93. The van der Waals surface area contributed by atoms with Gasteiger partial charge < -0.3 is 0 Å². The number of hydrogen-bond acceptors (Lipinski definition) is 0. The van der Waals surface area contributed by atoms with Crippen molar-refractivity contribution in [2.75, 3.05) is 0 Å². The zero-order valence-electron chi connectivity index (χ0n) is 10.9. The first-order valence-electron chi connectivity index (χ1n) is 6.79. The fraction of sp³-hybridized carbons (Fsp3) is 0.111. The molecule has 0 bridgehead atoms. The zero-order valence-corrected chi connectivity index (χ0v) is 14.8. The average molecular weight is 437 g/mol. The van der Waals surface area contributed by atoms with Crippen LogP contribution in [0.3, 0.4) is 0 Å². The molecule has 0 saturated heterocycles. The molecular formula is C18H13BrTe. The molecule has 0 nitrogen and oxygen atoms in total. The molecule has 0 heterocycles. The third kappa shape index (κ3) is 2.11. The Morgan fingerprint density at radius 3 is 2.20 bits per heavy atom. The molecule has 0 aromatic heterocycles. The van der Waals surface area contributed by atoms with Crippen LogP contribution in [0.15, 0.2) is 59.1 Å². The number of hydrogen-bond donors (Lipinski definition) is 0. The van der Waals surface area contributed by atoms with E-state index in [1.54, 1.807) is 3.61 Å². The summed E-state index contributed by atoms with van der Waals surface area (Å²) >= 11 is 3.46. The molecule has 0 fully saturated rings. The van der Waals surface area contributed by atoms with E-state index < -0.39 is 0 Å². The predicted molar refractivity (Wildman–Crippen MR) is 90.5 cm³/mol. The molecule has 0 aliphatic heterocycles. The quantitative estimate of drug-likeness (QED) is 0.541. The first kappa shape index (κ1) is 12.9. The van der Waals surface area contributed by atoms with Gasteiger partial charge in [0.25, 0.3) is 0 Å². The molecule has 0 radical (unpaired) electrons. The second kappa shape index (κ2) is 5.19. The van der Waals surface area contributed by atoms with Gasteiger partial charge in [0.05, 0.1) is 0 Å². The summed E-state index contributed by atoms with van der Waals surface area (Å²) in [5.41, 5.74) is 3.06. The van der Waals surface area contributed by atoms with Crippen LogP contribution < -0.4 is 7.22 Å². The summed E-state index contributed by atoms with van der Waals surface area (Å²) < 4.78 is 4.32. The molecule has 3 aromatic carbocycles. The van der Waals surface area contributed by atoms with E-state index in [2.05, 4.69) is 70.5 Å². The van der Waals surface area contributed by atoms with Crippen molar-refractivity contribution in [3.63, 3.8) is 0 Å². The van der Waals surface area contributed by atoms with E-state index in [0.717, 1.165) is 0 Å². The van der Waals surface area contributed by atoms with Gasteiger partial charge in [0.2, 0.25) is 0 Å². The molecule has 0 unspecified atom stereocenters. The Hall–Kier alpha value is -0.810. The van der Waals surface area contributed by atoms with E-state index in [0.29, 0.717) is 0 Å². The van der Waals surface area contributed by atoms with Gasteiger partial charge in [0.1, 0.15) is 0 Å². The third-order valence-electron chi connectivity index (χ3n) is 3.88. The van der Waals surface area contributed by atoms with Crippen molar-refractivity contribution >= 4 is 54.8 Å². The van der Waals surface area contributed by atoms with E-state index in [9.17, 15) is 0 Å².